The molecule has 6 nitrogen and oxygen atoms in total. The van der Waals surface area contributed by atoms with Crippen molar-refractivity contribution < 1.29 is 21.8 Å². The average molecular weight is 372 g/mol. The van der Waals surface area contributed by atoms with Crippen molar-refractivity contribution in [2.45, 2.75) is 44.1 Å². The lowest BCUT2D eigenvalue weighted by Crippen LogP contribution is -2.40. The number of alkyl carbamates (subject to hydrolysis) is 1. The number of carbonyl (C=O) groups excluding carboxylic acids is 1. The van der Waals surface area contributed by atoms with Crippen molar-refractivity contribution in [1.82, 2.24) is 5.32 Å². The third-order valence-electron chi connectivity index (χ3n) is 4.01. The fourth-order valence-corrected chi connectivity index (χ4v) is 3.27. The fraction of sp³-hybridized carbons (Fsp3) is 0.588. The molecule has 140 valence electrons. The first-order valence-electron chi connectivity index (χ1n) is 8.31. The summed E-state index contributed by atoms with van der Waals surface area (Å²) in [5.41, 5.74) is 0.173. The molecule has 1 aliphatic rings. The molecule has 1 fully saturated rings. The van der Waals surface area contributed by atoms with Gasteiger partial charge in [-0.05, 0) is 57.7 Å². The number of benzene rings is 1. The zero-order valence-electron chi connectivity index (χ0n) is 14.8. The van der Waals surface area contributed by atoms with Gasteiger partial charge < -0.3 is 15.0 Å². The minimum absolute atomic E-state index is 0.321. The second kappa shape index (κ2) is 7.59. The van der Waals surface area contributed by atoms with Crippen molar-refractivity contribution in [3.05, 3.63) is 24.3 Å². The van der Waals surface area contributed by atoms with E-state index in [-0.39, 0.29) is 4.90 Å². The van der Waals surface area contributed by atoms with Gasteiger partial charge in [0.2, 0.25) is 0 Å². The van der Waals surface area contributed by atoms with Gasteiger partial charge in [-0.25, -0.2) is 4.79 Å². The van der Waals surface area contributed by atoms with Gasteiger partial charge in [0, 0.05) is 25.3 Å². The summed E-state index contributed by atoms with van der Waals surface area (Å²) >= 11 is 0. The van der Waals surface area contributed by atoms with Crippen LogP contribution in [-0.4, -0.2) is 39.7 Å². The number of rotatable bonds is 4. The first-order chi connectivity index (χ1) is 11.5. The fourth-order valence-electron chi connectivity index (χ4n) is 2.77. The van der Waals surface area contributed by atoms with Gasteiger partial charge in [-0.2, -0.15) is 8.42 Å². The lowest BCUT2D eigenvalue weighted by atomic mass is 9.96. The van der Waals surface area contributed by atoms with Crippen LogP contribution < -0.4 is 10.2 Å². The van der Waals surface area contributed by atoms with Gasteiger partial charge in [0.05, 0.1) is 0 Å². The van der Waals surface area contributed by atoms with Crippen LogP contribution in [0, 0.1) is 5.92 Å². The van der Waals surface area contributed by atoms with E-state index in [2.05, 4.69) is 5.32 Å². The monoisotopic (exact) mass is 372 g/mol. The summed E-state index contributed by atoms with van der Waals surface area (Å²) in [6, 6.07) is 5.91. The van der Waals surface area contributed by atoms with Gasteiger partial charge in [0.1, 0.15) is 10.5 Å². The molecule has 0 bridgehead atoms. The Morgan fingerprint density at radius 3 is 2.52 bits per heavy atom. The topological polar surface area (TPSA) is 75.7 Å². The maximum Gasteiger partial charge on any atom is 0.407 e. The molecular weight excluding hydrogens is 347 g/mol. The molecule has 2 rings (SSSR count). The van der Waals surface area contributed by atoms with E-state index in [0.29, 0.717) is 18.2 Å². The molecule has 1 N–H and O–H groups in total. The number of anilines is 1. The molecule has 1 heterocycles. The molecule has 1 aromatic rings. The zero-order chi connectivity index (χ0) is 18.7. The van der Waals surface area contributed by atoms with Crippen LogP contribution in [-0.2, 0) is 15.0 Å². The summed E-state index contributed by atoms with van der Waals surface area (Å²) in [7, 11) is -4.70. The number of piperidine rings is 1. The Bertz CT molecular complexity index is 708. The second-order valence-corrected chi connectivity index (χ2v) is 8.60. The summed E-state index contributed by atoms with van der Waals surface area (Å²) in [5.74, 6) is 0.330. The van der Waals surface area contributed by atoms with Gasteiger partial charge in [0.15, 0.2) is 0 Å². The summed E-state index contributed by atoms with van der Waals surface area (Å²) < 4.78 is 40.4. The predicted molar refractivity (Wildman–Crippen MR) is 93.9 cm³/mol. The van der Waals surface area contributed by atoms with Crippen molar-refractivity contribution in [3.8, 4) is 0 Å². The normalized spacial score (nSPS) is 16.6. The number of carbonyl (C=O) groups is 1. The molecule has 0 aromatic heterocycles. The molecule has 0 radical (unpaired) electrons. The molecule has 0 spiro atoms. The first kappa shape index (κ1) is 19.5. The Morgan fingerprint density at radius 1 is 1.32 bits per heavy atom. The van der Waals surface area contributed by atoms with Crippen LogP contribution in [0.25, 0.3) is 0 Å². The van der Waals surface area contributed by atoms with Crippen molar-refractivity contribution >= 4 is 22.0 Å². The summed E-state index contributed by atoms with van der Waals surface area (Å²) in [4.78, 5) is 13.4. The molecule has 8 heteroatoms. The highest BCUT2D eigenvalue weighted by atomic mass is 32.3. The Kier molecular flexibility index (Phi) is 5.92. The number of hydrogen-bond donors (Lipinski definition) is 1. The van der Waals surface area contributed by atoms with Gasteiger partial charge in [0.25, 0.3) is 0 Å². The Hall–Kier alpha value is -1.83. The minimum Gasteiger partial charge on any atom is -0.444 e. The number of hydrogen-bond acceptors (Lipinski definition) is 5. The van der Waals surface area contributed by atoms with E-state index in [1.54, 1.807) is 6.07 Å². The molecule has 0 aliphatic carbocycles. The first-order valence-corrected chi connectivity index (χ1v) is 9.69. The van der Waals surface area contributed by atoms with E-state index in [9.17, 15) is 17.1 Å². The van der Waals surface area contributed by atoms with Crippen LogP contribution >= 0.6 is 0 Å². The van der Waals surface area contributed by atoms with Crippen LogP contribution in [0.2, 0.25) is 0 Å². The third-order valence-corrected chi connectivity index (χ3v) is 4.83. The SMILES string of the molecule is CC(C)(C)OC(=O)NCC1CCN(c2cccc(S(=O)(=O)F)c2)CC1. The Balaban J connectivity index is 1.85. The lowest BCUT2D eigenvalue weighted by Gasteiger charge is -2.34. The zero-order valence-corrected chi connectivity index (χ0v) is 15.6. The minimum atomic E-state index is -4.70. The van der Waals surface area contributed by atoms with Crippen molar-refractivity contribution in [1.29, 1.82) is 0 Å². The predicted octanol–water partition coefficient (Wildman–Crippen LogP) is 3.09. The summed E-state index contributed by atoms with van der Waals surface area (Å²) in [6.07, 6.45) is 1.28. The van der Waals surface area contributed by atoms with Gasteiger partial charge in [-0.1, -0.05) is 6.07 Å². The van der Waals surface area contributed by atoms with Crippen LogP contribution in [0.15, 0.2) is 29.2 Å². The lowest BCUT2D eigenvalue weighted by molar-refractivity contribution is 0.0517. The number of nitrogens with one attached hydrogen (secondary N) is 1. The van der Waals surface area contributed by atoms with Crippen LogP contribution in [0.3, 0.4) is 0 Å². The molecule has 1 aromatic carbocycles. The van der Waals surface area contributed by atoms with Crippen LogP contribution in [0.5, 0.6) is 0 Å². The smallest absolute Gasteiger partial charge is 0.407 e. The second-order valence-electron chi connectivity index (χ2n) is 7.25. The number of nitrogens with zero attached hydrogens (tertiary/aromatic N) is 1. The van der Waals surface area contributed by atoms with E-state index in [1.165, 1.54) is 18.2 Å². The van der Waals surface area contributed by atoms with Crippen molar-refractivity contribution in [3.63, 3.8) is 0 Å². The van der Waals surface area contributed by atoms with Gasteiger partial charge in [-0.15, -0.1) is 3.89 Å². The Morgan fingerprint density at radius 2 is 1.96 bits per heavy atom. The van der Waals surface area contributed by atoms with E-state index in [1.807, 2.05) is 25.7 Å². The quantitative estimate of drug-likeness (QED) is 0.822. The maximum absolute atomic E-state index is 13.1. The van der Waals surface area contributed by atoms with E-state index in [4.69, 9.17) is 4.74 Å². The molecule has 1 amide bonds. The van der Waals surface area contributed by atoms with Crippen LogP contribution in [0.1, 0.15) is 33.6 Å². The highest BCUT2D eigenvalue weighted by Gasteiger charge is 2.22. The molecule has 1 aliphatic heterocycles. The van der Waals surface area contributed by atoms with Gasteiger partial charge >= 0.3 is 16.3 Å². The average Bonchev–Trinajstić information content (AvgIpc) is 2.51. The summed E-state index contributed by atoms with van der Waals surface area (Å²) in [6.45, 7) is 7.43. The van der Waals surface area contributed by atoms with Crippen LogP contribution in [0.4, 0.5) is 14.4 Å². The highest BCUT2D eigenvalue weighted by molar-refractivity contribution is 7.86. The molecule has 0 saturated carbocycles. The molecular formula is C17H25FN2O4S. The standard InChI is InChI=1S/C17H25FN2O4S/c1-17(2,3)24-16(21)19-12-13-7-9-20(10-8-13)14-5-4-6-15(11-14)25(18,22)23/h4-6,11,13H,7-10,12H2,1-3H3,(H,19,21). The highest BCUT2D eigenvalue weighted by Crippen LogP contribution is 2.25. The number of halogens is 1. The van der Waals surface area contributed by atoms with E-state index < -0.39 is 21.9 Å². The number of amides is 1. The molecule has 0 unspecified atom stereocenters. The van der Waals surface area contributed by atoms with Crippen molar-refractivity contribution in [2.24, 2.45) is 5.92 Å². The molecule has 0 atom stereocenters. The largest absolute Gasteiger partial charge is 0.444 e. The Labute approximate surface area is 148 Å². The maximum atomic E-state index is 13.1. The molecule has 25 heavy (non-hydrogen) atoms. The van der Waals surface area contributed by atoms with E-state index >= 15 is 0 Å². The third kappa shape index (κ3) is 6.19. The number of ether oxygens (including phenoxy) is 1. The van der Waals surface area contributed by atoms with Gasteiger partial charge in [-0.3, -0.25) is 0 Å². The summed E-state index contributed by atoms with van der Waals surface area (Å²) in [5, 5.41) is 2.78. The molecule has 1 saturated heterocycles. The van der Waals surface area contributed by atoms with Crippen molar-refractivity contribution in [2.75, 3.05) is 24.5 Å². The van der Waals surface area contributed by atoms with E-state index in [0.717, 1.165) is 25.9 Å².